The number of carbonyl (C=O) groups excluding carboxylic acids is 2. The number of hydrogen-bond donors (Lipinski definition) is 1. The van der Waals surface area contributed by atoms with Gasteiger partial charge in [0.25, 0.3) is 5.91 Å². The highest BCUT2D eigenvalue weighted by molar-refractivity contribution is 5.91. The fourth-order valence-corrected chi connectivity index (χ4v) is 3.66. The Bertz CT molecular complexity index is 819. The molecule has 0 atom stereocenters. The molecule has 1 aliphatic carbocycles. The Kier molecular flexibility index (Phi) is 8.17. The maximum absolute atomic E-state index is 12.6. The van der Waals surface area contributed by atoms with E-state index < -0.39 is 0 Å². The second kappa shape index (κ2) is 11.0. The maximum atomic E-state index is 12.6. The van der Waals surface area contributed by atoms with Gasteiger partial charge in [0.1, 0.15) is 5.76 Å². The van der Waals surface area contributed by atoms with Gasteiger partial charge in [0, 0.05) is 30.9 Å². The smallest absolute Gasteiger partial charge is 0.286 e. The van der Waals surface area contributed by atoms with E-state index in [1.54, 1.807) is 6.07 Å². The minimum atomic E-state index is -0.158. The molecule has 0 aromatic carbocycles. The third kappa shape index (κ3) is 6.25. The van der Waals surface area contributed by atoms with Crippen molar-refractivity contribution in [3.63, 3.8) is 0 Å². The lowest BCUT2D eigenvalue weighted by molar-refractivity contribution is -0.133. The molecular weight excluding hydrogens is 378 g/mol. The standard InChI is InChI=1S/C24H35N3O3/c1-3-5-6-7-14-25-23(28)22-13-12-21(30-22)18-26-16-8-9-20(26)17-27(15-4-2)24(29)19-10-11-19/h8-9,12-13,16,19H,3-7,10-11,14-15,17-18H2,1-2H3,(H,25,28). The van der Waals surface area contributed by atoms with Crippen molar-refractivity contribution in [3.8, 4) is 0 Å². The van der Waals surface area contributed by atoms with E-state index in [9.17, 15) is 9.59 Å². The SMILES string of the molecule is CCCCCCNC(=O)c1ccc(Cn2cccc2CN(CCC)C(=O)C2CC2)o1. The summed E-state index contributed by atoms with van der Waals surface area (Å²) in [6, 6.07) is 7.64. The number of amides is 2. The summed E-state index contributed by atoms with van der Waals surface area (Å²) in [4.78, 5) is 26.8. The second-order valence-electron chi connectivity index (χ2n) is 8.24. The molecule has 1 saturated carbocycles. The molecule has 0 bridgehead atoms. The van der Waals surface area contributed by atoms with E-state index in [1.165, 1.54) is 12.8 Å². The average molecular weight is 414 g/mol. The van der Waals surface area contributed by atoms with Gasteiger partial charge in [-0.25, -0.2) is 0 Å². The molecule has 1 fully saturated rings. The zero-order valence-electron chi connectivity index (χ0n) is 18.4. The predicted molar refractivity (Wildman–Crippen MR) is 117 cm³/mol. The third-order valence-electron chi connectivity index (χ3n) is 5.54. The molecule has 164 valence electrons. The van der Waals surface area contributed by atoms with Crippen molar-refractivity contribution in [2.45, 2.75) is 71.9 Å². The molecule has 0 saturated heterocycles. The normalized spacial score (nSPS) is 13.4. The molecule has 30 heavy (non-hydrogen) atoms. The van der Waals surface area contributed by atoms with Gasteiger partial charge in [0.05, 0.1) is 13.1 Å². The molecule has 0 aliphatic heterocycles. The first kappa shape index (κ1) is 22.2. The fourth-order valence-electron chi connectivity index (χ4n) is 3.66. The molecule has 6 nitrogen and oxygen atoms in total. The number of rotatable bonds is 13. The van der Waals surface area contributed by atoms with Crippen LogP contribution in [0, 0.1) is 5.92 Å². The molecule has 1 N–H and O–H groups in total. The molecule has 0 unspecified atom stereocenters. The number of carbonyl (C=O) groups is 2. The van der Waals surface area contributed by atoms with Crippen LogP contribution in [0.25, 0.3) is 0 Å². The highest BCUT2D eigenvalue weighted by Gasteiger charge is 2.33. The van der Waals surface area contributed by atoms with Crippen LogP contribution >= 0.6 is 0 Å². The highest BCUT2D eigenvalue weighted by atomic mass is 16.4. The summed E-state index contributed by atoms with van der Waals surface area (Å²) in [5.74, 6) is 1.44. The molecule has 0 radical (unpaired) electrons. The summed E-state index contributed by atoms with van der Waals surface area (Å²) in [5, 5.41) is 2.93. The van der Waals surface area contributed by atoms with Gasteiger partial charge in [-0.05, 0) is 49.9 Å². The van der Waals surface area contributed by atoms with Crippen molar-refractivity contribution in [2.75, 3.05) is 13.1 Å². The minimum Gasteiger partial charge on any atom is -0.454 e. The van der Waals surface area contributed by atoms with Crippen LogP contribution in [0.1, 0.15) is 80.8 Å². The van der Waals surface area contributed by atoms with Crippen molar-refractivity contribution in [3.05, 3.63) is 47.7 Å². The molecule has 0 spiro atoms. The fraction of sp³-hybridized carbons (Fsp3) is 0.583. The van der Waals surface area contributed by atoms with E-state index >= 15 is 0 Å². The number of hydrogen-bond acceptors (Lipinski definition) is 3. The van der Waals surface area contributed by atoms with Crippen molar-refractivity contribution < 1.29 is 14.0 Å². The molecule has 2 aromatic rings. The Morgan fingerprint density at radius 3 is 2.70 bits per heavy atom. The zero-order chi connectivity index (χ0) is 21.3. The monoisotopic (exact) mass is 413 g/mol. The molecule has 2 heterocycles. The first-order chi connectivity index (χ1) is 14.6. The van der Waals surface area contributed by atoms with Crippen molar-refractivity contribution >= 4 is 11.8 Å². The van der Waals surface area contributed by atoms with Gasteiger partial charge < -0.3 is 19.2 Å². The summed E-state index contributed by atoms with van der Waals surface area (Å²) >= 11 is 0. The van der Waals surface area contributed by atoms with E-state index in [-0.39, 0.29) is 17.7 Å². The molecule has 3 rings (SSSR count). The van der Waals surface area contributed by atoms with Crippen LogP contribution in [0.4, 0.5) is 0 Å². The van der Waals surface area contributed by atoms with Gasteiger partial charge in [0.2, 0.25) is 5.91 Å². The van der Waals surface area contributed by atoms with E-state index in [2.05, 4.69) is 29.8 Å². The van der Waals surface area contributed by atoms with Crippen LogP contribution in [0.3, 0.4) is 0 Å². The lowest BCUT2D eigenvalue weighted by atomic mass is 10.2. The first-order valence-electron chi connectivity index (χ1n) is 11.4. The first-order valence-corrected chi connectivity index (χ1v) is 11.4. The summed E-state index contributed by atoms with van der Waals surface area (Å²) in [7, 11) is 0. The van der Waals surface area contributed by atoms with E-state index in [4.69, 9.17) is 4.42 Å². The predicted octanol–water partition coefficient (Wildman–Crippen LogP) is 4.59. The van der Waals surface area contributed by atoms with Gasteiger partial charge in [0.15, 0.2) is 5.76 Å². The Morgan fingerprint density at radius 1 is 1.13 bits per heavy atom. The number of nitrogens with one attached hydrogen (secondary N) is 1. The lowest BCUT2D eigenvalue weighted by Gasteiger charge is -2.23. The Hall–Kier alpha value is -2.50. The van der Waals surface area contributed by atoms with Crippen molar-refractivity contribution in [1.82, 2.24) is 14.8 Å². The third-order valence-corrected chi connectivity index (χ3v) is 5.54. The number of unbranched alkanes of at least 4 members (excludes halogenated alkanes) is 3. The van der Waals surface area contributed by atoms with E-state index in [0.29, 0.717) is 25.4 Å². The van der Waals surface area contributed by atoms with Crippen LogP contribution in [0.15, 0.2) is 34.9 Å². The number of furan rings is 1. The Morgan fingerprint density at radius 2 is 1.97 bits per heavy atom. The zero-order valence-corrected chi connectivity index (χ0v) is 18.4. The van der Waals surface area contributed by atoms with E-state index in [1.807, 2.05) is 23.2 Å². The largest absolute Gasteiger partial charge is 0.454 e. The second-order valence-corrected chi connectivity index (χ2v) is 8.24. The Labute approximate surface area is 179 Å². The molecule has 2 aromatic heterocycles. The van der Waals surface area contributed by atoms with Gasteiger partial charge in [-0.3, -0.25) is 9.59 Å². The van der Waals surface area contributed by atoms with Gasteiger partial charge >= 0.3 is 0 Å². The van der Waals surface area contributed by atoms with Crippen LogP contribution in [0.2, 0.25) is 0 Å². The molecule has 6 heteroatoms. The van der Waals surface area contributed by atoms with Crippen LogP contribution < -0.4 is 5.32 Å². The molecule has 1 aliphatic rings. The van der Waals surface area contributed by atoms with E-state index in [0.717, 1.165) is 50.1 Å². The highest BCUT2D eigenvalue weighted by Crippen LogP contribution is 2.31. The van der Waals surface area contributed by atoms with Crippen LogP contribution in [-0.4, -0.2) is 34.4 Å². The average Bonchev–Trinajstić information content (AvgIpc) is 3.34. The summed E-state index contributed by atoms with van der Waals surface area (Å²) in [5.41, 5.74) is 1.08. The number of nitrogens with zero attached hydrogens (tertiary/aromatic N) is 2. The summed E-state index contributed by atoms with van der Waals surface area (Å²) < 4.78 is 7.88. The summed E-state index contributed by atoms with van der Waals surface area (Å²) in [6.45, 7) is 6.89. The van der Waals surface area contributed by atoms with Crippen molar-refractivity contribution in [1.29, 1.82) is 0 Å². The summed E-state index contributed by atoms with van der Waals surface area (Å²) in [6.07, 6.45) is 9.50. The van der Waals surface area contributed by atoms with Crippen molar-refractivity contribution in [2.24, 2.45) is 5.92 Å². The maximum Gasteiger partial charge on any atom is 0.286 e. The van der Waals surface area contributed by atoms with Gasteiger partial charge in [-0.2, -0.15) is 0 Å². The lowest BCUT2D eigenvalue weighted by Crippen LogP contribution is -2.33. The number of aromatic nitrogens is 1. The topological polar surface area (TPSA) is 67.5 Å². The Balaban J connectivity index is 1.55. The van der Waals surface area contributed by atoms with Crippen LogP contribution in [-0.2, 0) is 17.9 Å². The molecular formula is C24H35N3O3. The minimum absolute atomic E-state index is 0.158. The molecule has 2 amide bonds. The van der Waals surface area contributed by atoms with Gasteiger partial charge in [-0.15, -0.1) is 0 Å². The van der Waals surface area contributed by atoms with Crippen LogP contribution in [0.5, 0.6) is 0 Å². The quantitative estimate of drug-likeness (QED) is 0.489. The van der Waals surface area contributed by atoms with Gasteiger partial charge in [-0.1, -0.05) is 33.1 Å².